The van der Waals surface area contributed by atoms with Gasteiger partial charge in [-0.1, -0.05) is 31.2 Å². The van der Waals surface area contributed by atoms with Crippen LogP contribution in [-0.4, -0.2) is 60.4 Å². The Morgan fingerprint density at radius 1 is 1.03 bits per heavy atom. The van der Waals surface area contributed by atoms with Crippen LogP contribution in [0, 0.1) is 13.8 Å². The minimum atomic E-state index is -0.0225. The third kappa shape index (κ3) is 4.30. The van der Waals surface area contributed by atoms with Crippen molar-refractivity contribution in [3.05, 3.63) is 58.7 Å². The number of rotatable bonds is 4. The average Bonchev–Trinajstić information content (AvgIpc) is 3.05. The molecular weight excluding hydrogens is 390 g/mol. The Bertz CT molecular complexity index is 996. The van der Waals surface area contributed by atoms with Gasteiger partial charge in [0.1, 0.15) is 11.9 Å². The Morgan fingerprint density at radius 3 is 2.48 bits per heavy atom. The van der Waals surface area contributed by atoms with Gasteiger partial charge in [-0.15, -0.1) is 0 Å². The zero-order valence-electron chi connectivity index (χ0n) is 18.8. The van der Waals surface area contributed by atoms with E-state index in [9.17, 15) is 9.59 Å². The molecule has 1 saturated heterocycles. The van der Waals surface area contributed by atoms with Crippen LogP contribution in [0.25, 0.3) is 0 Å². The van der Waals surface area contributed by atoms with Gasteiger partial charge < -0.3 is 15.0 Å². The fourth-order valence-electron chi connectivity index (χ4n) is 4.31. The molecule has 4 rings (SSSR count). The van der Waals surface area contributed by atoms with E-state index in [1.807, 2.05) is 62.1 Å². The SMILES string of the molecule is Cc1cccc(NC(=O)CN2CCN(C(=O)c3cccc4c3O[C@@H](C)[C@H]4C)CC2)c1C. The molecule has 0 unspecified atom stereocenters. The number of hydrogen-bond acceptors (Lipinski definition) is 4. The first-order chi connectivity index (χ1) is 14.8. The van der Waals surface area contributed by atoms with Crippen molar-refractivity contribution in [3.8, 4) is 5.75 Å². The molecule has 0 radical (unpaired) electrons. The summed E-state index contributed by atoms with van der Waals surface area (Å²) in [6.45, 7) is 11.1. The Balaban J connectivity index is 1.34. The smallest absolute Gasteiger partial charge is 0.257 e. The van der Waals surface area contributed by atoms with Crippen LogP contribution in [0.15, 0.2) is 36.4 Å². The highest BCUT2D eigenvalue weighted by atomic mass is 16.5. The van der Waals surface area contributed by atoms with Crippen LogP contribution in [0.1, 0.15) is 46.8 Å². The first-order valence-corrected chi connectivity index (χ1v) is 11.0. The Labute approximate surface area is 184 Å². The number of nitrogens with one attached hydrogen (secondary N) is 1. The van der Waals surface area contributed by atoms with Gasteiger partial charge in [-0.25, -0.2) is 0 Å². The highest BCUT2D eigenvalue weighted by molar-refractivity contribution is 5.98. The molecule has 6 heteroatoms. The molecule has 2 aromatic rings. The third-order valence-electron chi connectivity index (χ3n) is 6.68. The maximum absolute atomic E-state index is 13.2. The predicted molar refractivity (Wildman–Crippen MR) is 122 cm³/mol. The van der Waals surface area contributed by atoms with Crippen LogP contribution < -0.4 is 10.1 Å². The lowest BCUT2D eigenvalue weighted by molar-refractivity contribution is -0.117. The van der Waals surface area contributed by atoms with E-state index in [2.05, 4.69) is 17.1 Å². The molecule has 0 aromatic heterocycles. The van der Waals surface area contributed by atoms with Gasteiger partial charge in [0.15, 0.2) is 0 Å². The molecule has 2 aliphatic heterocycles. The lowest BCUT2D eigenvalue weighted by Crippen LogP contribution is -2.50. The van der Waals surface area contributed by atoms with Gasteiger partial charge in [-0.05, 0) is 44.0 Å². The molecular formula is C25H31N3O3. The second kappa shape index (κ2) is 8.71. The van der Waals surface area contributed by atoms with E-state index in [-0.39, 0.29) is 23.8 Å². The Morgan fingerprint density at radius 2 is 1.74 bits per heavy atom. The molecule has 2 amide bonds. The number of carbonyl (C=O) groups excluding carboxylic acids is 2. The lowest BCUT2D eigenvalue weighted by Gasteiger charge is -2.34. The fraction of sp³-hybridized carbons (Fsp3) is 0.440. The molecule has 2 aromatic carbocycles. The van der Waals surface area contributed by atoms with Crippen molar-refractivity contribution in [3.63, 3.8) is 0 Å². The Kier molecular flexibility index (Phi) is 6.01. The third-order valence-corrected chi connectivity index (χ3v) is 6.68. The summed E-state index contributed by atoms with van der Waals surface area (Å²) in [7, 11) is 0. The van der Waals surface area contributed by atoms with Gasteiger partial charge >= 0.3 is 0 Å². The lowest BCUT2D eigenvalue weighted by atomic mass is 9.96. The molecule has 6 nitrogen and oxygen atoms in total. The van der Waals surface area contributed by atoms with Crippen molar-refractivity contribution in [2.75, 3.05) is 38.0 Å². The number of ether oxygens (including phenoxy) is 1. The van der Waals surface area contributed by atoms with E-state index < -0.39 is 0 Å². The van der Waals surface area contributed by atoms with Gasteiger partial charge in [0.2, 0.25) is 5.91 Å². The largest absolute Gasteiger partial charge is 0.489 e. The number of amides is 2. The molecule has 0 spiro atoms. The summed E-state index contributed by atoms with van der Waals surface area (Å²) >= 11 is 0. The monoisotopic (exact) mass is 421 g/mol. The van der Waals surface area contributed by atoms with Crippen LogP contribution in [-0.2, 0) is 4.79 Å². The van der Waals surface area contributed by atoms with Crippen molar-refractivity contribution in [2.24, 2.45) is 0 Å². The van der Waals surface area contributed by atoms with E-state index in [1.54, 1.807) is 0 Å². The van der Waals surface area contributed by atoms with Crippen molar-refractivity contribution < 1.29 is 14.3 Å². The quantitative estimate of drug-likeness (QED) is 0.820. The molecule has 2 heterocycles. The summed E-state index contributed by atoms with van der Waals surface area (Å²) in [5.74, 6) is 1.02. The summed E-state index contributed by atoms with van der Waals surface area (Å²) in [4.78, 5) is 29.6. The molecule has 31 heavy (non-hydrogen) atoms. The molecule has 1 N–H and O–H groups in total. The van der Waals surface area contributed by atoms with Gasteiger partial charge in [0, 0.05) is 43.3 Å². The van der Waals surface area contributed by atoms with Gasteiger partial charge in [0.25, 0.3) is 5.91 Å². The minimum Gasteiger partial charge on any atom is -0.489 e. The standard InChI is InChI=1S/C25H31N3O3/c1-16-7-5-10-22(17(16)2)26-23(29)15-27-11-13-28(14-12-27)25(30)21-9-6-8-20-18(3)19(4)31-24(20)21/h5-10,18-19H,11-15H2,1-4H3,(H,26,29)/t18-,19+/m1/s1. The number of benzene rings is 2. The summed E-state index contributed by atoms with van der Waals surface area (Å²) < 4.78 is 6.00. The molecule has 0 aliphatic carbocycles. The van der Waals surface area contributed by atoms with E-state index >= 15 is 0 Å². The van der Waals surface area contributed by atoms with Gasteiger partial charge in [-0.3, -0.25) is 14.5 Å². The average molecular weight is 422 g/mol. The zero-order valence-corrected chi connectivity index (χ0v) is 18.8. The normalized spacial score (nSPS) is 20.8. The number of hydrogen-bond donors (Lipinski definition) is 1. The van der Waals surface area contributed by atoms with Crippen LogP contribution in [0.4, 0.5) is 5.69 Å². The van der Waals surface area contributed by atoms with Crippen molar-refractivity contribution in [1.29, 1.82) is 0 Å². The van der Waals surface area contributed by atoms with E-state index in [0.29, 0.717) is 38.3 Å². The van der Waals surface area contributed by atoms with Crippen LogP contribution in [0.5, 0.6) is 5.75 Å². The topological polar surface area (TPSA) is 61.9 Å². The fourth-order valence-corrected chi connectivity index (χ4v) is 4.31. The van der Waals surface area contributed by atoms with Crippen LogP contribution in [0.3, 0.4) is 0 Å². The summed E-state index contributed by atoms with van der Waals surface area (Å²) in [6, 6.07) is 11.8. The van der Waals surface area contributed by atoms with Crippen LogP contribution >= 0.6 is 0 Å². The molecule has 0 bridgehead atoms. The summed E-state index contributed by atoms with van der Waals surface area (Å²) in [6.07, 6.45) is 0.0800. The number of fused-ring (bicyclic) bond motifs is 1. The highest BCUT2D eigenvalue weighted by Gasteiger charge is 2.33. The number of para-hydroxylation sites is 1. The number of carbonyl (C=O) groups is 2. The van der Waals surface area contributed by atoms with Gasteiger partial charge in [0.05, 0.1) is 12.1 Å². The van der Waals surface area contributed by atoms with Gasteiger partial charge in [-0.2, -0.15) is 0 Å². The number of nitrogens with zero attached hydrogens (tertiary/aromatic N) is 2. The maximum atomic E-state index is 13.2. The molecule has 164 valence electrons. The highest BCUT2D eigenvalue weighted by Crippen LogP contribution is 2.40. The molecule has 2 aliphatic rings. The summed E-state index contributed by atoms with van der Waals surface area (Å²) in [5.41, 5.74) is 4.87. The molecule has 1 fully saturated rings. The van der Waals surface area contributed by atoms with Crippen LogP contribution in [0.2, 0.25) is 0 Å². The van der Waals surface area contributed by atoms with E-state index in [4.69, 9.17) is 4.74 Å². The number of aryl methyl sites for hydroxylation is 1. The van der Waals surface area contributed by atoms with Crippen molar-refractivity contribution >= 4 is 17.5 Å². The minimum absolute atomic E-state index is 0.0117. The maximum Gasteiger partial charge on any atom is 0.257 e. The van der Waals surface area contributed by atoms with E-state index in [1.165, 1.54) is 0 Å². The van der Waals surface area contributed by atoms with Crippen molar-refractivity contribution in [2.45, 2.75) is 39.7 Å². The van der Waals surface area contributed by atoms with Crippen molar-refractivity contribution in [1.82, 2.24) is 9.80 Å². The second-order valence-electron chi connectivity index (χ2n) is 8.70. The Hall–Kier alpha value is -2.86. The predicted octanol–water partition coefficient (Wildman–Crippen LogP) is 3.58. The van der Waals surface area contributed by atoms with E-state index in [0.717, 1.165) is 28.1 Å². The second-order valence-corrected chi connectivity index (χ2v) is 8.70. The number of piperazine rings is 1. The zero-order chi connectivity index (χ0) is 22.1. The molecule has 0 saturated carbocycles. The first kappa shape index (κ1) is 21.4. The summed E-state index contributed by atoms with van der Waals surface area (Å²) in [5, 5.41) is 3.02. The first-order valence-electron chi connectivity index (χ1n) is 11.0. The number of anilines is 1. The molecule has 2 atom stereocenters.